The average molecular weight is 462 g/mol. The van der Waals surface area contributed by atoms with E-state index >= 15 is 0 Å². The smallest absolute Gasteiger partial charge is 0.336 e. The van der Waals surface area contributed by atoms with Gasteiger partial charge in [0, 0.05) is 46.2 Å². The van der Waals surface area contributed by atoms with E-state index < -0.39 is 23.8 Å². The number of allylic oxidation sites excluding steroid dienone is 1. The lowest BCUT2D eigenvalue weighted by atomic mass is 9.74. The summed E-state index contributed by atoms with van der Waals surface area (Å²) in [6, 6.07) is 11.5. The highest BCUT2D eigenvalue weighted by atomic mass is 32.1. The van der Waals surface area contributed by atoms with Gasteiger partial charge >= 0.3 is 11.9 Å². The van der Waals surface area contributed by atoms with E-state index in [1.54, 1.807) is 26.2 Å². The van der Waals surface area contributed by atoms with Crippen LogP contribution in [0.5, 0.6) is 0 Å². The van der Waals surface area contributed by atoms with Crippen molar-refractivity contribution in [2.24, 2.45) is 10.9 Å². The first-order valence-electron chi connectivity index (χ1n) is 10.3. The molecule has 2 atom stereocenters. The molecule has 1 aliphatic heterocycles. The standard InChI is InChI=1S/C25H23N3O4S/c1-14-20(24(29)31-3)22(21(15(2)27-14)25(30)32-4)17-9-5-6-10-18(17)23-28-19(13-33-23)16-8-7-11-26-12-16/h5-13,20,22H,1-4H3. The van der Waals surface area contributed by atoms with Gasteiger partial charge in [0.1, 0.15) is 10.9 Å². The zero-order valence-corrected chi connectivity index (χ0v) is 19.6. The molecule has 0 spiro atoms. The molecule has 168 valence electrons. The lowest BCUT2D eigenvalue weighted by Crippen LogP contribution is -2.36. The fourth-order valence-electron chi connectivity index (χ4n) is 4.19. The summed E-state index contributed by atoms with van der Waals surface area (Å²) in [4.78, 5) is 39.2. The van der Waals surface area contributed by atoms with Crippen molar-refractivity contribution < 1.29 is 19.1 Å². The quantitative estimate of drug-likeness (QED) is 0.513. The Morgan fingerprint density at radius 2 is 1.82 bits per heavy atom. The Bertz CT molecular complexity index is 1260. The van der Waals surface area contributed by atoms with Gasteiger partial charge in [0.05, 0.1) is 25.5 Å². The molecule has 0 saturated carbocycles. The number of nitrogens with zero attached hydrogens (tertiary/aromatic N) is 3. The summed E-state index contributed by atoms with van der Waals surface area (Å²) in [6.07, 6.45) is 3.48. The Kier molecular flexibility index (Phi) is 6.46. The molecular weight excluding hydrogens is 438 g/mol. The Morgan fingerprint density at radius 1 is 1.03 bits per heavy atom. The molecule has 0 aliphatic carbocycles. The summed E-state index contributed by atoms with van der Waals surface area (Å²) in [6.45, 7) is 3.53. The molecule has 2 unspecified atom stereocenters. The van der Waals surface area contributed by atoms with Crippen LogP contribution in [0.2, 0.25) is 0 Å². The minimum Gasteiger partial charge on any atom is -0.468 e. The normalized spacial score (nSPS) is 18.0. The summed E-state index contributed by atoms with van der Waals surface area (Å²) in [5.41, 5.74) is 4.79. The number of esters is 2. The SMILES string of the molecule is COC(=O)C1=C(C)N=C(C)C(C(=O)OC)C1c1ccccc1-c1nc(-c2cccnc2)cs1. The summed E-state index contributed by atoms with van der Waals surface area (Å²) in [5.74, 6) is -2.36. The number of benzene rings is 1. The number of pyridine rings is 1. The van der Waals surface area contributed by atoms with E-state index in [-0.39, 0.29) is 0 Å². The second-order valence-corrected chi connectivity index (χ2v) is 8.45. The molecule has 0 bridgehead atoms. The first-order valence-corrected chi connectivity index (χ1v) is 11.2. The van der Waals surface area contributed by atoms with Crippen molar-refractivity contribution >= 4 is 29.0 Å². The predicted octanol–water partition coefficient (Wildman–Crippen LogP) is 4.67. The van der Waals surface area contributed by atoms with Gasteiger partial charge < -0.3 is 9.47 Å². The fourth-order valence-corrected chi connectivity index (χ4v) is 5.06. The number of aliphatic imine (C=N–C) groups is 1. The summed E-state index contributed by atoms with van der Waals surface area (Å²) in [7, 11) is 2.66. The van der Waals surface area contributed by atoms with E-state index in [2.05, 4.69) is 9.98 Å². The van der Waals surface area contributed by atoms with E-state index in [1.165, 1.54) is 25.6 Å². The van der Waals surface area contributed by atoms with Crippen LogP contribution in [-0.2, 0) is 19.1 Å². The first kappa shape index (κ1) is 22.5. The van der Waals surface area contributed by atoms with Gasteiger partial charge in [0.2, 0.25) is 0 Å². The largest absolute Gasteiger partial charge is 0.468 e. The maximum atomic E-state index is 12.9. The van der Waals surface area contributed by atoms with Crippen LogP contribution in [-0.4, -0.2) is 41.8 Å². The zero-order chi connectivity index (χ0) is 23.5. The maximum Gasteiger partial charge on any atom is 0.336 e. The van der Waals surface area contributed by atoms with E-state index in [4.69, 9.17) is 14.5 Å². The minimum absolute atomic E-state index is 0.343. The van der Waals surface area contributed by atoms with Gasteiger partial charge in [-0.3, -0.25) is 14.8 Å². The van der Waals surface area contributed by atoms with Gasteiger partial charge in [-0.15, -0.1) is 11.3 Å². The third-order valence-electron chi connectivity index (χ3n) is 5.68. The van der Waals surface area contributed by atoms with E-state index in [9.17, 15) is 9.59 Å². The Hall–Kier alpha value is -3.65. The highest BCUT2D eigenvalue weighted by molar-refractivity contribution is 7.13. The molecule has 0 amide bonds. The molecule has 0 fully saturated rings. The summed E-state index contributed by atoms with van der Waals surface area (Å²) < 4.78 is 10.2. The van der Waals surface area contributed by atoms with Crippen LogP contribution in [0, 0.1) is 5.92 Å². The van der Waals surface area contributed by atoms with Gasteiger partial charge in [-0.1, -0.05) is 24.3 Å². The van der Waals surface area contributed by atoms with Gasteiger partial charge in [0.25, 0.3) is 0 Å². The molecule has 8 heteroatoms. The second-order valence-electron chi connectivity index (χ2n) is 7.59. The molecule has 33 heavy (non-hydrogen) atoms. The van der Waals surface area contributed by atoms with Crippen LogP contribution < -0.4 is 0 Å². The molecular formula is C25H23N3O4S. The number of hydrogen-bond acceptors (Lipinski definition) is 8. The van der Waals surface area contributed by atoms with Crippen LogP contribution in [0.1, 0.15) is 25.3 Å². The van der Waals surface area contributed by atoms with Crippen LogP contribution in [0.3, 0.4) is 0 Å². The number of carbonyl (C=O) groups is 2. The fraction of sp³-hybridized carbons (Fsp3) is 0.240. The molecule has 2 aromatic heterocycles. The van der Waals surface area contributed by atoms with Gasteiger partial charge in [-0.05, 0) is 31.5 Å². The second kappa shape index (κ2) is 9.46. The molecule has 0 N–H and O–H groups in total. The van der Waals surface area contributed by atoms with Crippen LogP contribution in [0.4, 0.5) is 0 Å². The molecule has 0 radical (unpaired) electrons. The van der Waals surface area contributed by atoms with Crippen molar-refractivity contribution in [3.8, 4) is 21.8 Å². The molecule has 3 aromatic rings. The monoisotopic (exact) mass is 461 g/mol. The number of methoxy groups -OCH3 is 2. The molecule has 1 aliphatic rings. The van der Waals surface area contributed by atoms with E-state index in [0.29, 0.717) is 17.0 Å². The number of carbonyl (C=O) groups excluding carboxylic acids is 2. The number of rotatable bonds is 5. The Balaban J connectivity index is 1.89. The maximum absolute atomic E-state index is 12.9. The van der Waals surface area contributed by atoms with Crippen LogP contribution in [0.15, 0.2) is 70.4 Å². The molecule has 0 saturated heterocycles. The van der Waals surface area contributed by atoms with Crippen LogP contribution in [0.25, 0.3) is 21.8 Å². The minimum atomic E-state index is -0.758. The summed E-state index contributed by atoms with van der Waals surface area (Å²) in [5, 5.41) is 2.74. The lowest BCUT2D eigenvalue weighted by molar-refractivity contribution is -0.143. The van der Waals surface area contributed by atoms with Crippen molar-refractivity contribution in [1.29, 1.82) is 0 Å². The lowest BCUT2D eigenvalue weighted by Gasteiger charge is -2.32. The predicted molar refractivity (Wildman–Crippen MR) is 127 cm³/mol. The molecule has 1 aromatic carbocycles. The highest BCUT2D eigenvalue weighted by Crippen LogP contribution is 2.44. The third kappa shape index (κ3) is 4.21. The van der Waals surface area contributed by atoms with Crippen molar-refractivity contribution in [2.45, 2.75) is 19.8 Å². The van der Waals surface area contributed by atoms with Crippen LogP contribution >= 0.6 is 11.3 Å². The number of ether oxygens (including phenoxy) is 2. The first-order chi connectivity index (χ1) is 16.0. The van der Waals surface area contributed by atoms with Crippen molar-refractivity contribution in [1.82, 2.24) is 9.97 Å². The number of thiazole rings is 1. The molecule has 7 nitrogen and oxygen atoms in total. The van der Waals surface area contributed by atoms with Crippen molar-refractivity contribution in [2.75, 3.05) is 14.2 Å². The van der Waals surface area contributed by atoms with Crippen molar-refractivity contribution in [3.63, 3.8) is 0 Å². The molecule has 4 rings (SSSR count). The van der Waals surface area contributed by atoms with E-state index in [1.807, 2.05) is 41.8 Å². The zero-order valence-electron chi connectivity index (χ0n) is 18.7. The molecule has 3 heterocycles. The third-order valence-corrected chi connectivity index (χ3v) is 6.55. The Morgan fingerprint density at radius 3 is 2.52 bits per heavy atom. The summed E-state index contributed by atoms with van der Waals surface area (Å²) >= 11 is 1.49. The van der Waals surface area contributed by atoms with Gasteiger partial charge in [-0.2, -0.15) is 0 Å². The topological polar surface area (TPSA) is 90.7 Å². The van der Waals surface area contributed by atoms with Crippen molar-refractivity contribution in [3.05, 3.63) is 71.0 Å². The highest BCUT2D eigenvalue weighted by Gasteiger charge is 2.43. The number of aromatic nitrogens is 2. The van der Waals surface area contributed by atoms with Gasteiger partial charge in [0.15, 0.2) is 0 Å². The number of hydrogen-bond donors (Lipinski definition) is 0. The van der Waals surface area contributed by atoms with Gasteiger partial charge in [-0.25, -0.2) is 9.78 Å². The Labute approximate surface area is 195 Å². The van der Waals surface area contributed by atoms with E-state index in [0.717, 1.165) is 27.4 Å². The average Bonchev–Trinajstić information content (AvgIpc) is 3.33.